The molecule has 25 heavy (non-hydrogen) atoms. The average Bonchev–Trinajstić information content (AvgIpc) is 3.05. The van der Waals surface area contributed by atoms with Crippen LogP contribution < -0.4 is 0 Å². The van der Waals surface area contributed by atoms with Crippen molar-refractivity contribution in [3.05, 3.63) is 60.2 Å². The summed E-state index contributed by atoms with van der Waals surface area (Å²) in [5.74, 6) is -0.386. The zero-order chi connectivity index (χ0) is 17.4. The molecule has 0 saturated carbocycles. The Morgan fingerprint density at radius 1 is 1.04 bits per heavy atom. The van der Waals surface area contributed by atoms with Crippen molar-refractivity contribution in [3.63, 3.8) is 0 Å². The Bertz CT molecular complexity index is 912. The van der Waals surface area contributed by atoms with Crippen LogP contribution in [0.2, 0.25) is 0 Å². The van der Waals surface area contributed by atoms with Crippen molar-refractivity contribution in [1.29, 1.82) is 0 Å². The molecule has 0 atom stereocenters. The van der Waals surface area contributed by atoms with E-state index in [4.69, 9.17) is 0 Å². The van der Waals surface area contributed by atoms with Crippen molar-refractivity contribution in [2.24, 2.45) is 0 Å². The number of nitrogens with zero attached hydrogens (tertiary/aromatic N) is 3. The number of hydrogen-bond donors (Lipinski definition) is 0. The van der Waals surface area contributed by atoms with E-state index >= 15 is 0 Å². The topological polar surface area (TPSA) is 37.6 Å². The molecular weight excluding hydrogens is 324 g/mol. The van der Waals surface area contributed by atoms with Crippen LogP contribution in [0.1, 0.15) is 23.2 Å². The molecular formula is C19H17F2N3O. The van der Waals surface area contributed by atoms with Crippen LogP contribution in [0.15, 0.2) is 48.8 Å². The summed E-state index contributed by atoms with van der Waals surface area (Å²) in [7, 11) is 0. The number of aromatic nitrogens is 2. The highest BCUT2D eigenvalue weighted by Gasteiger charge is 2.23. The van der Waals surface area contributed by atoms with Crippen LogP contribution in [0.3, 0.4) is 0 Å². The predicted molar refractivity (Wildman–Crippen MR) is 90.6 cm³/mol. The summed E-state index contributed by atoms with van der Waals surface area (Å²) in [6.45, 7) is 0.894. The Morgan fingerprint density at radius 2 is 1.76 bits per heavy atom. The first-order valence-corrected chi connectivity index (χ1v) is 8.28. The molecule has 1 aromatic carbocycles. The quantitative estimate of drug-likeness (QED) is 0.712. The maximum Gasteiger partial charge on any atom is 0.255 e. The van der Waals surface area contributed by atoms with Gasteiger partial charge in [-0.05, 0) is 49.2 Å². The summed E-state index contributed by atoms with van der Waals surface area (Å²) in [5.41, 5.74) is 2.78. The molecule has 0 radical (unpaired) electrons. The molecule has 0 unspecified atom stereocenters. The van der Waals surface area contributed by atoms with E-state index in [-0.39, 0.29) is 11.7 Å². The smallest absolute Gasteiger partial charge is 0.255 e. The largest absolute Gasteiger partial charge is 0.338 e. The number of fused-ring (bicyclic) bond motifs is 1. The summed E-state index contributed by atoms with van der Waals surface area (Å²) in [4.78, 5) is 18.8. The van der Waals surface area contributed by atoms with Crippen LogP contribution in [-0.4, -0.2) is 39.5 Å². The van der Waals surface area contributed by atoms with E-state index in [0.29, 0.717) is 42.8 Å². The van der Waals surface area contributed by atoms with Crippen molar-refractivity contribution in [2.75, 3.05) is 13.1 Å². The lowest BCUT2D eigenvalue weighted by Gasteiger charge is -2.28. The average molecular weight is 341 g/mol. The molecule has 4 rings (SSSR count). The van der Waals surface area contributed by atoms with Gasteiger partial charge < -0.3 is 9.30 Å². The first-order valence-electron chi connectivity index (χ1n) is 8.28. The normalized spacial score (nSPS) is 15.7. The Morgan fingerprint density at radius 3 is 2.48 bits per heavy atom. The third kappa shape index (κ3) is 3.12. The van der Waals surface area contributed by atoms with Gasteiger partial charge in [-0.15, -0.1) is 0 Å². The van der Waals surface area contributed by atoms with Crippen LogP contribution >= 0.6 is 0 Å². The van der Waals surface area contributed by atoms with Crippen LogP contribution in [0.25, 0.3) is 16.9 Å². The lowest BCUT2D eigenvalue weighted by atomic mass is 10.1. The number of carbonyl (C=O) groups excluding carboxylic acids is 1. The molecule has 0 spiro atoms. The number of rotatable bonds is 2. The van der Waals surface area contributed by atoms with Crippen molar-refractivity contribution in [1.82, 2.24) is 14.3 Å². The van der Waals surface area contributed by atoms with Crippen LogP contribution in [0.5, 0.6) is 0 Å². The molecule has 1 saturated heterocycles. The van der Waals surface area contributed by atoms with Crippen LogP contribution in [0, 0.1) is 5.82 Å². The van der Waals surface area contributed by atoms with Crippen LogP contribution in [0.4, 0.5) is 8.78 Å². The van der Waals surface area contributed by atoms with Crippen molar-refractivity contribution in [3.8, 4) is 11.3 Å². The van der Waals surface area contributed by atoms with Gasteiger partial charge in [0.1, 0.15) is 17.6 Å². The van der Waals surface area contributed by atoms with Gasteiger partial charge in [-0.2, -0.15) is 0 Å². The second kappa shape index (κ2) is 6.27. The molecule has 4 nitrogen and oxygen atoms in total. The molecule has 0 N–H and O–H groups in total. The number of amides is 1. The Hall–Kier alpha value is -2.76. The van der Waals surface area contributed by atoms with Gasteiger partial charge in [0.25, 0.3) is 5.91 Å². The Balaban J connectivity index is 1.62. The number of halogens is 2. The van der Waals surface area contributed by atoms with Crippen molar-refractivity contribution < 1.29 is 13.6 Å². The van der Waals surface area contributed by atoms with Gasteiger partial charge in [0, 0.05) is 31.0 Å². The zero-order valence-corrected chi connectivity index (χ0v) is 13.5. The van der Waals surface area contributed by atoms with E-state index < -0.39 is 6.17 Å². The van der Waals surface area contributed by atoms with Gasteiger partial charge in [-0.3, -0.25) is 4.79 Å². The maximum absolute atomic E-state index is 13.2. The van der Waals surface area contributed by atoms with E-state index in [1.807, 2.05) is 6.20 Å². The molecule has 1 amide bonds. The maximum atomic E-state index is 13.2. The number of piperidine rings is 1. The third-order valence-electron chi connectivity index (χ3n) is 4.55. The Labute approximate surface area is 143 Å². The van der Waals surface area contributed by atoms with Gasteiger partial charge in [0.2, 0.25) is 0 Å². The first kappa shape index (κ1) is 15.7. The monoisotopic (exact) mass is 341 g/mol. The highest BCUT2D eigenvalue weighted by atomic mass is 19.1. The number of alkyl halides is 1. The number of likely N-dealkylation sites (tertiary alicyclic amines) is 1. The number of pyridine rings is 1. The minimum Gasteiger partial charge on any atom is -0.338 e. The van der Waals surface area contributed by atoms with E-state index in [1.54, 1.807) is 39.8 Å². The first-order chi connectivity index (χ1) is 12.1. The standard InChI is InChI=1S/C19H17F2N3O/c20-15-4-1-13(2-5-15)17-12-24-11-14(3-6-18(24)22-17)19(25)23-9-7-16(21)8-10-23/h1-6,11-12,16H,7-10H2. The molecule has 0 aliphatic carbocycles. The second-order valence-electron chi connectivity index (χ2n) is 6.28. The van der Waals surface area contributed by atoms with E-state index in [9.17, 15) is 13.6 Å². The minimum atomic E-state index is -0.807. The third-order valence-corrected chi connectivity index (χ3v) is 4.55. The number of imidazole rings is 1. The summed E-state index contributed by atoms with van der Waals surface area (Å²) >= 11 is 0. The lowest BCUT2D eigenvalue weighted by molar-refractivity contribution is 0.0666. The Kier molecular flexibility index (Phi) is 3.95. The van der Waals surface area contributed by atoms with Gasteiger partial charge in [0.05, 0.1) is 11.3 Å². The highest BCUT2D eigenvalue weighted by Crippen LogP contribution is 2.21. The summed E-state index contributed by atoms with van der Waals surface area (Å²) in [6, 6.07) is 9.64. The molecule has 3 aromatic rings. The minimum absolute atomic E-state index is 0.0918. The fourth-order valence-corrected chi connectivity index (χ4v) is 3.11. The number of hydrogen-bond acceptors (Lipinski definition) is 2. The molecule has 6 heteroatoms. The zero-order valence-electron chi connectivity index (χ0n) is 13.5. The van der Waals surface area contributed by atoms with Crippen LogP contribution in [-0.2, 0) is 0 Å². The van der Waals surface area contributed by atoms with E-state index in [0.717, 1.165) is 5.56 Å². The molecule has 0 bridgehead atoms. The molecule has 1 fully saturated rings. The SMILES string of the molecule is O=C(c1ccc2nc(-c3ccc(F)cc3)cn2c1)N1CCC(F)CC1. The van der Waals surface area contributed by atoms with Gasteiger partial charge in [-0.1, -0.05) is 0 Å². The van der Waals surface area contributed by atoms with Crippen molar-refractivity contribution in [2.45, 2.75) is 19.0 Å². The molecule has 2 aromatic heterocycles. The van der Waals surface area contributed by atoms with Crippen molar-refractivity contribution >= 4 is 11.6 Å². The molecule has 3 heterocycles. The van der Waals surface area contributed by atoms with E-state index in [1.165, 1.54) is 12.1 Å². The summed E-state index contributed by atoms with van der Waals surface area (Å²) in [5, 5.41) is 0. The second-order valence-corrected chi connectivity index (χ2v) is 6.28. The van der Waals surface area contributed by atoms with Gasteiger partial charge >= 0.3 is 0 Å². The number of carbonyl (C=O) groups is 1. The fourth-order valence-electron chi connectivity index (χ4n) is 3.11. The highest BCUT2D eigenvalue weighted by molar-refractivity contribution is 5.94. The van der Waals surface area contributed by atoms with E-state index in [2.05, 4.69) is 4.98 Å². The predicted octanol–water partition coefficient (Wildman–Crippen LogP) is 3.71. The van der Waals surface area contributed by atoms with Gasteiger partial charge in [0.15, 0.2) is 0 Å². The molecule has 1 aliphatic rings. The number of benzene rings is 1. The summed E-state index contributed by atoms with van der Waals surface area (Å²) < 4.78 is 28.1. The lowest BCUT2D eigenvalue weighted by Crippen LogP contribution is -2.39. The molecule has 1 aliphatic heterocycles. The van der Waals surface area contributed by atoms with Gasteiger partial charge in [-0.25, -0.2) is 13.8 Å². The molecule has 128 valence electrons. The summed E-state index contributed by atoms with van der Waals surface area (Å²) in [6.07, 6.45) is 3.53. The fraction of sp³-hybridized carbons (Fsp3) is 0.263.